The molecule has 3 aromatic rings. The summed E-state index contributed by atoms with van der Waals surface area (Å²) in [4.78, 5) is 19.5. The lowest BCUT2D eigenvalue weighted by Crippen LogP contribution is -2.37. The Morgan fingerprint density at radius 3 is 2.97 bits per heavy atom. The van der Waals surface area contributed by atoms with E-state index in [0.29, 0.717) is 24.9 Å². The Morgan fingerprint density at radius 2 is 2.24 bits per heavy atom. The van der Waals surface area contributed by atoms with E-state index in [-0.39, 0.29) is 22.6 Å². The average molecular weight is 435 g/mol. The summed E-state index contributed by atoms with van der Waals surface area (Å²) in [5.74, 6) is -0.0518. The molecule has 1 aromatic heterocycles. The lowest BCUT2D eigenvalue weighted by molar-refractivity contribution is 0.0917. The molecule has 1 aliphatic heterocycles. The summed E-state index contributed by atoms with van der Waals surface area (Å²) in [6.45, 7) is 3.55. The zero-order valence-corrected chi connectivity index (χ0v) is 17.4. The number of rotatable bonds is 6. The Bertz CT molecular complexity index is 1040. The fourth-order valence-corrected chi connectivity index (χ4v) is 4.56. The Kier molecular flexibility index (Phi) is 5.99. The number of thiazole rings is 1. The van der Waals surface area contributed by atoms with E-state index in [0.717, 1.165) is 34.9 Å². The monoisotopic (exact) mass is 434 g/mol. The molecule has 1 fully saturated rings. The molecule has 1 amide bonds. The molecule has 1 aliphatic rings. The molecular weight excluding hydrogens is 415 g/mol. The molecule has 152 valence electrons. The number of halogens is 2. The number of aromatic nitrogens is 1. The molecule has 0 aliphatic carbocycles. The molecule has 1 atom stereocenters. The lowest BCUT2D eigenvalue weighted by atomic mass is 10.1. The van der Waals surface area contributed by atoms with Gasteiger partial charge in [-0.1, -0.05) is 22.9 Å². The first-order valence-corrected chi connectivity index (χ1v) is 10.7. The maximum atomic E-state index is 13.5. The van der Waals surface area contributed by atoms with Gasteiger partial charge in [-0.3, -0.25) is 9.69 Å². The van der Waals surface area contributed by atoms with Gasteiger partial charge in [0.1, 0.15) is 11.6 Å². The second-order valence-corrected chi connectivity index (χ2v) is 8.15. The summed E-state index contributed by atoms with van der Waals surface area (Å²) < 4.78 is 25.7. The number of hydrogen-bond acceptors (Lipinski definition) is 5. The van der Waals surface area contributed by atoms with Crippen molar-refractivity contribution in [3.63, 3.8) is 0 Å². The third-order valence-corrected chi connectivity index (χ3v) is 6.06. The van der Waals surface area contributed by atoms with E-state index in [2.05, 4.69) is 4.98 Å². The quantitative estimate of drug-likeness (QED) is 0.527. The highest BCUT2D eigenvalue weighted by Crippen LogP contribution is 2.33. The predicted octanol–water partition coefficient (Wildman–Crippen LogP) is 5.31. The number of amides is 1. The summed E-state index contributed by atoms with van der Waals surface area (Å²) in [7, 11) is 0. The van der Waals surface area contributed by atoms with E-state index >= 15 is 0 Å². The third kappa shape index (κ3) is 4.37. The van der Waals surface area contributed by atoms with E-state index in [4.69, 9.17) is 21.1 Å². The number of carbonyl (C=O) groups excluding carboxylic acids is 1. The fraction of sp³-hybridized carbons (Fsp3) is 0.333. The van der Waals surface area contributed by atoms with Crippen LogP contribution < -0.4 is 9.64 Å². The van der Waals surface area contributed by atoms with E-state index in [1.165, 1.54) is 23.5 Å². The van der Waals surface area contributed by atoms with Crippen molar-refractivity contribution >= 4 is 44.2 Å². The first kappa shape index (κ1) is 20.1. The van der Waals surface area contributed by atoms with Gasteiger partial charge in [0.15, 0.2) is 5.13 Å². The molecule has 0 saturated carbocycles. The smallest absolute Gasteiger partial charge is 0.261 e. The first-order chi connectivity index (χ1) is 14.0. The zero-order valence-electron chi connectivity index (χ0n) is 15.9. The number of fused-ring (bicyclic) bond motifs is 1. The van der Waals surface area contributed by atoms with Gasteiger partial charge in [0, 0.05) is 6.61 Å². The second-order valence-electron chi connectivity index (χ2n) is 6.73. The van der Waals surface area contributed by atoms with Gasteiger partial charge in [-0.15, -0.1) is 0 Å². The number of benzene rings is 2. The highest BCUT2D eigenvalue weighted by Gasteiger charge is 2.28. The summed E-state index contributed by atoms with van der Waals surface area (Å²) in [5, 5.41) is 0.627. The summed E-state index contributed by atoms with van der Waals surface area (Å²) in [6.07, 6.45) is 1.77. The summed E-state index contributed by atoms with van der Waals surface area (Å²) in [5.41, 5.74) is 1.02. The van der Waals surface area contributed by atoms with Crippen LogP contribution in [0.4, 0.5) is 9.52 Å². The van der Waals surface area contributed by atoms with Gasteiger partial charge in [0.2, 0.25) is 0 Å². The van der Waals surface area contributed by atoms with Crippen LogP contribution in [-0.4, -0.2) is 36.8 Å². The van der Waals surface area contributed by atoms with Gasteiger partial charge < -0.3 is 9.47 Å². The molecule has 0 bridgehead atoms. The first-order valence-electron chi connectivity index (χ1n) is 9.47. The van der Waals surface area contributed by atoms with E-state index in [1.54, 1.807) is 4.90 Å². The third-order valence-electron chi connectivity index (χ3n) is 4.71. The SMILES string of the molecule is CCOc1ccc2nc(N(CC3CCCO3)C(=O)c3ccc(F)cc3Cl)sc2c1. The van der Waals surface area contributed by atoms with Crippen LogP contribution in [0.15, 0.2) is 36.4 Å². The second kappa shape index (κ2) is 8.65. The zero-order chi connectivity index (χ0) is 20.4. The molecule has 0 radical (unpaired) electrons. The highest BCUT2D eigenvalue weighted by atomic mass is 35.5. The van der Waals surface area contributed by atoms with Crippen molar-refractivity contribution in [3.05, 3.63) is 52.8 Å². The number of ether oxygens (including phenoxy) is 2. The normalized spacial score (nSPS) is 16.3. The van der Waals surface area contributed by atoms with Crippen molar-refractivity contribution in [2.75, 3.05) is 24.7 Å². The fourth-order valence-electron chi connectivity index (χ4n) is 3.31. The molecule has 1 saturated heterocycles. The van der Waals surface area contributed by atoms with Gasteiger partial charge in [-0.05, 0) is 56.2 Å². The van der Waals surface area contributed by atoms with Gasteiger partial charge in [0.05, 0.1) is 40.1 Å². The Balaban J connectivity index is 1.71. The van der Waals surface area contributed by atoms with Crippen molar-refractivity contribution in [1.82, 2.24) is 4.98 Å². The van der Waals surface area contributed by atoms with E-state index in [9.17, 15) is 9.18 Å². The van der Waals surface area contributed by atoms with Gasteiger partial charge in [-0.2, -0.15) is 0 Å². The van der Waals surface area contributed by atoms with Crippen LogP contribution in [0.25, 0.3) is 10.2 Å². The highest BCUT2D eigenvalue weighted by molar-refractivity contribution is 7.22. The molecule has 2 aromatic carbocycles. The molecule has 2 heterocycles. The molecule has 0 spiro atoms. The minimum atomic E-state index is -0.485. The van der Waals surface area contributed by atoms with Crippen LogP contribution in [0.2, 0.25) is 5.02 Å². The van der Waals surface area contributed by atoms with E-state index < -0.39 is 5.82 Å². The number of anilines is 1. The standard InChI is InChI=1S/C21H20ClFN2O3S/c1-2-27-14-6-8-18-19(11-14)29-21(24-18)25(12-15-4-3-9-28-15)20(26)16-7-5-13(23)10-17(16)22/h5-8,10-11,15H,2-4,9,12H2,1H3. The lowest BCUT2D eigenvalue weighted by Gasteiger charge is -2.23. The van der Waals surface area contributed by atoms with Crippen LogP contribution in [0.3, 0.4) is 0 Å². The maximum absolute atomic E-state index is 13.5. The average Bonchev–Trinajstić information content (AvgIpc) is 3.35. The van der Waals surface area contributed by atoms with Gasteiger partial charge >= 0.3 is 0 Å². The van der Waals surface area contributed by atoms with Crippen LogP contribution in [0.5, 0.6) is 5.75 Å². The van der Waals surface area contributed by atoms with E-state index in [1.807, 2.05) is 25.1 Å². The Morgan fingerprint density at radius 1 is 1.38 bits per heavy atom. The molecule has 8 heteroatoms. The van der Waals surface area contributed by atoms with Crippen LogP contribution in [-0.2, 0) is 4.74 Å². The predicted molar refractivity (Wildman–Crippen MR) is 113 cm³/mol. The van der Waals surface area contributed by atoms with Crippen molar-refractivity contribution in [3.8, 4) is 5.75 Å². The Labute approximate surface area is 177 Å². The largest absolute Gasteiger partial charge is 0.494 e. The topological polar surface area (TPSA) is 51.7 Å². The van der Waals surface area contributed by atoms with Crippen molar-refractivity contribution in [2.45, 2.75) is 25.9 Å². The van der Waals surface area contributed by atoms with Crippen LogP contribution in [0, 0.1) is 5.82 Å². The molecule has 1 unspecified atom stereocenters. The van der Waals surface area contributed by atoms with Crippen molar-refractivity contribution in [2.24, 2.45) is 0 Å². The van der Waals surface area contributed by atoms with Gasteiger partial charge in [-0.25, -0.2) is 9.37 Å². The van der Waals surface area contributed by atoms with Gasteiger partial charge in [0.25, 0.3) is 5.91 Å². The van der Waals surface area contributed by atoms with Crippen LogP contribution >= 0.6 is 22.9 Å². The summed E-state index contributed by atoms with van der Waals surface area (Å²) in [6, 6.07) is 9.43. The molecule has 29 heavy (non-hydrogen) atoms. The maximum Gasteiger partial charge on any atom is 0.261 e. The van der Waals surface area contributed by atoms with Crippen LogP contribution in [0.1, 0.15) is 30.1 Å². The minimum absolute atomic E-state index is 0.0656. The minimum Gasteiger partial charge on any atom is -0.494 e. The number of carbonyl (C=O) groups is 1. The molecule has 0 N–H and O–H groups in total. The number of hydrogen-bond donors (Lipinski definition) is 0. The number of nitrogens with zero attached hydrogens (tertiary/aromatic N) is 2. The van der Waals surface area contributed by atoms with Crippen molar-refractivity contribution < 1.29 is 18.7 Å². The summed E-state index contributed by atoms with van der Waals surface area (Å²) >= 11 is 7.56. The molecule has 5 nitrogen and oxygen atoms in total. The molecular formula is C21H20ClFN2O3S. The Hall–Kier alpha value is -2.22. The van der Waals surface area contributed by atoms with Crippen molar-refractivity contribution in [1.29, 1.82) is 0 Å². The molecule has 4 rings (SSSR count).